The first-order valence-electron chi connectivity index (χ1n) is 6.13. The van der Waals surface area contributed by atoms with Crippen molar-refractivity contribution < 1.29 is 21.9 Å². The first-order chi connectivity index (χ1) is 9.62. The predicted octanol–water partition coefficient (Wildman–Crippen LogP) is 0.133. The maximum absolute atomic E-state index is 12.4. The van der Waals surface area contributed by atoms with Crippen molar-refractivity contribution in [2.24, 2.45) is 5.14 Å². The van der Waals surface area contributed by atoms with Gasteiger partial charge in [-0.1, -0.05) is 11.6 Å². The number of rotatable bonds is 3. The van der Waals surface area contributed by atoms with Crippen molar-refractivity contribution in [1.29, 1.82) is 0 Å². The van der Waals surface area contributed by atoms with Crippen LogP contribution in [0.5, 0.6) is 0 Å². The molecule has 0 amide bonds. The third-order valence-corrected chi connectivity index (χ3v) is 6.56. The molecule has 10 heteroatoms. The summed E-state index contributed by atoms with van der Waals surface area (Å²) in [6.45, 7) is 0.413. The lowest BCUT2D eigenvalue weighted by Crippen LogP contribution is -2.40. The molecule has 1 heterocycles. The average molecular weight is 355 g/mol. The van der Waals surface area contributed by atoms with Gasteiger partial charge >= 0.3 is 0 Å². The monoisotopic (exact) mass is 354 g/mol. The molecule has 118 valence electrons. The largest absolute Gasteiger partial charge is 0.393 e. The number of piperidine rings is 1. The number of halogens is 1. The molecule has 0 aliphatic carbocycles. The molecule has 0 radical (unpaired) electrons. The van der Waals surface area contributed by atoms with Crippen LogP contribution in [0.2, 0.25) is 5.02 Å². The van der Waals surface area contributed by atoms with Crippen molar-refractivity contribution in [1.82, 2.24) is 4.31 Å². The molecule has 1 aliphatic heterocycles. The minimum absolute atomic E-state index is 0.101. The average Bonchev–Trinajstić information content (AvgIpc) is 2.37. The molecule has 1 aromatic rings. The van der Waals surface area contributed by atoms with E-state index in [0.29, 0.717) is 12.8 Å². The Morgan fingerprint density at radius 1 is 1.19 bits per heavy atom. The fourth-order valence-electron chi connectivity index (χ4n) is 2.10. The second-order valence-corrected chi connectivity index (χ2v) is 8.65. The molecule has 1 saturated heterocycles. The minimum Gasteiger partial charge on any atom is -0.393 e. The zero-order valence-electron chi connectivity index (χ0n) is 10.9. The Morgan fingerprint density at radius 3 is 2.24 bits per heavy atom. The van der Waals surface area contributed by atoms with E-state index >= 15 is 0 Å². The van der Waals surface area contributed by atoms with Crippen LogP contribution in [-0.4, -0.2) is 45.4 Å². The molecular formula is C11H15ClN2O5S2. The van der Waals surface area contributed by atoms with Crippen molar-refractivity contribution in [3.8, 4) is 0 Å². The van der Waals surface area contributed by atoms with Gasteiger partial charge in [0, 0.05) is 13.1 Å². The van der Waals surface area contributed by atoms with Crippen LogP contribution in [0.25, 0.3) is 0 Å². The quantitative estimate of drug-likeness (QED) is 0.800. The standard InChI is InChI=1S/C11H15ClN2O5S2/c12-10-7-9(1-2-11(10)20(13,16)17)21(18,19)14-5-3-8(15)4-6-14/h1-2,7-8,15H,3-6H2,(H2,13,16,17). The summed E-state index contributed by atoms with van der Waals surface area (Å²) in [5.41, 5.74) is 0. The van der Waals surface area contributed by atoms with E-state index in [0.717, 1.165) is 18.2 Å². The van der Waals surface area contributed by atoms with Gasteiger partial charge in [-0.3, -0.25) is 0 Å². The molecular weight excluding hydrogens is 340 g/mol. The number of sulfonamides is 2. The highest BCUT2D eigenvalue weighted by Gasteiger charge is 2.29. The molecule has 0 aromatic heterocycles. The van der Waals surface area contributed by atoms with Crippen LogP contribution in [0.1, 0.15) is 12.8 Å². The Labute approximate surface area is 128 Å². The summed E-state index contributed by atoms with van der Waals surface area (Å²) < 4.78 is 48.6. The lowest BCUT2D eigenvalue weighted by Gasteiger charge is -2.28. The van der Waals surface area contributed by atoms with Crippen molar-refractivity contribution in [3.63, 3.8) is 0 Å². The molecule has 0 unspecified atom stereocenters. The molecule has 0 spiro atoms. The molecule has 3 N–H and O–H groups in total. The predicted molar refractivity (Wildman–Crippen MR) is 76.8 cm³/mol. The number of benzene rings is 1. The van der Waals surface area contributed by atoms with E-state index in [1.54, 1.807) is 0 Å². The van der Waals surface area contributed by atoms with Crippen molar-refractivity contribution in [2.45, 2.75) is 28.7 Å². The van der Waals surface area contributed by atoms with Gasteiger partial charge in [0.2, 0.25) is 20.0 Å². The van der Waals surface area contributed by atoms with Crippen molar-refractivity contribution >= 4 is 31.6 Å². The first-order valence-corrected chi connectivity index (χ1v) is 9.49. The zero-order valence-corrected chi connectivity index (χ0v) is 13.3. The number of hydrogen-bond donors (Lipinski definition) is 2. The summed E-state index contributed by atoms with van der Waals surface area (Å²) in [6, 6.07) is 3.30. The number of nitrogens with two attached hydrogens (primary N) is 1. The van der Waals surface area contributed by atoms with Gasteiger partial charge in [0.05, 0.1) is 16.0 Å². The summed E-state index contributed by atoms with van der Waals surface area (Å²) >= 11 is 5.80. The number of nitrogens with zero attached hydrogens (tertiary/aromatic N) is 1. The summed E-state index contributed by atoms with van der Waals surface area (Å²) in [7, 11) is -7.77. The normalized spacial score (nSPS) is 18.8. The number of hydrogen-bond acceptors (Lipinski definition) is 5. The van der Waals surface area contributed by atoms with Gasteiger partial charge in [0.25, 0.3) is 0 Å². The number of aliphatic hydroxyl groups excluding tert-OH is 1. The summed E-state index contributed by atoms with van der Waals surface area (Å²) in [5, 5.41) is 14.1. The van der Waals surface area contributed by atoms with Crippen LogP contribution in [-0.2, 0) is 20.0 Å². The fraction of sp³-hybridized carbons (Fsp3) is 0.455. The third kappa shape index (κ3) is 3.55. The maximum atomic E-state index is 12.4. The van der Waals surface area contributed by atoms with E-state index in [9.17, 15) is 21.9 Å². The van der Waals surface area contributed by atoms with Gasteiger partial charge in [-0.05, 0) is 31.0 Å². The van der Waals surface area contributed by atoms with E-state index in [2.05, 4.69) is 0 Å². The van der Waals surface area contributed by atoms with Crippen LogP contribution in [0.4, 0.5) is 0 Å². The van der Waals surface area contributed by atoms with Gasteiger partial charge < -0.3 is 5.11 Å². The molecule has 0 bridgehead atoms. The van der Waals surface area contributed by atoms with Gasteiger partial charge in [0.15, 0.2) is 0 Å². The molecule has 0 atom stereocenters. The highest BCUT2D eigenvalue weighted by molar-refractivity contribution is 7.89. The van der Waals surface area contributed by atoms with Crippen LogP contribution >= 0.6 is 11.6 Å². The van der Waals surface area contributed by atoms with Crippen LogP contribution < -0.4 is 5.14 Å². The number of primary sulfonamides is 1. The summed E-state index contributed by atoms with van der Waals surface area (Å²) in [6.07, 6.45) is 0.231. The van der Waals surface area contributed by atoms with E-state index in [4.69, 9.17) is 16.7 Å². The Morgan fingerprint density at radius 2 is 1.76 bits per heavy atom. The second kappa shape index (κ2) is 5.82. The Bertz CT molecular complexity index is 740. The van der Waals surface area contributed by atoms with E-state index in [1.807, 2.05) is 0 Å². The minimum atomic E-state index is -4.00. The van der Waals surface area contributed by atoms with Crippen molar-refractivity contribution in [2.75, 3.05) is 13.1 Å². The van der Waals surface area contributed by atoms with E-state index < -0.39 is 26.2 Å². The molecule has 1 aromatic carbocycles. The lowest BCUT2D eigenvalue weighted by atomic mass is 10.1. The molecule has 2 rings (SSSR count). The van der Waals surface area contributed by atoms with Gasteiger partial charge in [-0.25, -0.2) is 22.0 Å². The zero-order chi connectivity index (χ0) is 15.8. The highest BCUT2D eigenvalue weighted by atomic mass is 35.5. The first kappa shape index (κ1) is 16.7. The topological polar surface area (TPSA) is 118 Å². The second-order valence-electron chi connectivity index (χ2n) is 4.77. The van der Waals surface area contributed by atoms with E-state index in [-0.39, 0.29) is 27.9 Å². The molecule has 21 heavy (non-hydrogen) atoms. The summed E-state index contributed by atoms with van der Waals surface area (Å²) in [4.78, 5) is -0.423. The van der Waals surface area contributed by atoms with Crippen LogP contribution in [0, 0.1) is 0 Å². The Hall–Kier alpha value is -0.710. The van der Waals surface area contributed by atoms with E-state index in [1.165, 1.54) is 4.31 Å². The molecule has 1 fully saturated rings. The third-order valence-electron chi connectivity index (χ3n) is 3.27. The van der Waals surface area contributed by atoms with Gasteiger partial charge in [-0.2, -0.15) is 4.31 Å². The smallest absolute Gasteiger partial charge is 0.243 e. The number of aliphatic hydroxyl groups is 1. The van der Waals surface area contributed by atoms with Gasteiger partial charge in [0.1, 0.15) is 4.90 Å². The highest BCUT2D eigenvalue weighted by Crippen LogP contribution is 2.27. The summed E-state index contributed by atoms with van der Waals surface area (Å²) in [5.74, 6) is 0. The van der Waals surface area contributed by atoms with Crippen LogP contribution in [0.15, 0.2) is 28.0 Å². The Kier molecular flexibility index (Phi) is 4.62. The molecule has 7 nitrogen and oxygen atoms in total. The molecule has 1 aliphatic rings. The van der Waals surface area contributed by atoms with Crippen molar-refractivity contribution in [3.05, 3.63) is 23.2 Å². The van der Waals surface area contributed by atoms with Crippen LogP contribution in [0.3, 0.4) is 0 Å². The van der Waals surface area contributed by atoms with Gasteiger partial charge in [-0.15, -0.1) is 0 Å². The Balaban J connectivity index is 2.36. The maximum Gasteiger partial charge on any atom is 0.243 e. The SMILES string of the molecule is NS(=O)(=O)c1ccc(S(=O)(=O)N2CCC(O)CC2)cc1Cl. The lowest BCUT2D eigenvalue weighted by molar-refractivity contribution is 0.113. The molecule has 0 saturated carbocycles. The fourth-order valence-corrected chi connectivity index (χ4v) is 4.76.